The van der Waals surface area contributed by atoms with E-state index < -0.39 is 80.8 Å². The molecular weight excluding hydrogens is 746 g/mol. The van der Waals surface area contributed by atoms with Gasteiger partial charge in [0.2, 0.25) is 23.6 Å². The van der Waals surface area contributed by atoms with Gasteiger partial charge in [-0.05, 0) is 53.8 Å². The van der Waals surface area contributed by atoms with Crippen molar-refractivity contribution in [2.75, 3.05) is 5.73 Å². The molecule has 3 atom stereocenters. The van der Waals surface area contributed by atoms with Gasteiger partial charge in [-0.3, -0.25) is 28.3 Å². The van der Waals surface area contributed by atoms with Gasteiger partial charge in [0.1, 0.15) is 23.7 Å². The average Bonchev–Trinajstić information content (AvgIpc) is 3.03. The van der Waals surface area contributed by atoms with E-state index in [-0.39, 0.29) is 25.0 Å². The maximum atomic E-state index is 14.4. The fraction of sp³-hybridized carbons (Fsp3) is 0.324. The van der Waals surface area contributed by atoms with Crippen LogP contribution in [0, 0.1) is 0 Å². The van der Waals surface area contributed by atoms with Gasteiger partial charge < -0.3 is 57.5 Å². The van der Waals surface area contributed by atoms with Gasteiger partial charge in [0.15, 0.2) is 0 Å². The molecule has 0 unspecified atom stereocenters. The number of nitrogens with one attached hydrogen (secondary N) is 3. The topological polar surface area (TPSA) is 324 Å². The van der Waals surface area contributed by atoms with E-state index in [1.165, 1.54) is 62.4 Å². The van der Waals surface area contributed by atoms with Crippen molar-refractivity contribution in [3.05, 3.63) is 101 Å². The second-order valence-electron chi connectivity index (χ2n) is 13.3. The molecule has 3 rings (SSSR count). The van der Waals surface area contributed by atoms with Crippen LogP contribution in [0.3, 0.4) is 0 Å². The van der Waals surface area contributed by atoms with E-state index in [9.17, 15) is 52.7 Å². The predicted octanol–water partition coefficient (Wildman–Crippen LogP) is 0.815. The summed E-state index contributed by atoms with van der Waals surface area (Å²) in [6.07, 6.45) is -3.28. The minimum atomic E-state index is -4.40. The van der Waals surface area contributed by atoms with Crippen molar-refractivity contribution in [3.63, 3.8) is 0 Å². The Hall–Kier alpha value is -5.09. The third kappa shape index (κ3) is 14.0. The Morgan fingerprint density at radius 3 is 1.59 bits per heavy atom. The minimum absolute atomic E-state index is 0.224. The monoisotopic (exact) mass is 790 g/mol. The lowest BCUT2D eigenvalue weighted by molar-refractivity contribution is -0.137. The normalized spacial score (nSPS) is 14.4. The van der Waals surface area contributed by atoms with Gasteiger partial charge >= 0.3 is 21.3 Å². The summed E-state index contributed by atoms with van der Waals surface area (Å²) in [6.45, 7) is 2.43. The molecule has 3 aromatic rings. The molecule has 0 saturated carbocycles. The molecule has 13 N–H and O–H groups in total. The largest absolute Gasteiger partial charge is 0.445 e. The number of carbonyl (C=O) groups excluding carboxylic acids is 5. The number of rotatable bonds is 18. The number of nitrogen functional groups attached to an aromatic ring is 1. The van der Waals surface area contributed by atoms with Crippen molar-refractivity contribution >= 4 is 50.6 Å². The Bertz CT molecular complexity index is 1950. The zero-order chi connectivity index (χ0) is 40.5. The molecule has 18 nitrogen and oxygen atoms in total. The van der Waals surface area contributed by atoms with E-state index in [0.29, 0.717) is 27.9 Å². The number of anilines is 1. The van der Waals surface area contributed by atoms with Crippen molar-refractivity contribution in [2.24, 2.45) is 11.5 Å². The molecule has 54 heavy (non-hydrogen) atoms. The fourth-order valence-electron chi connectivity index (χ4n) is 5.40. The highest BCUT2D eigenvalue weighted by atomic mass is 31.2. The summed E-state index contributed by atoms with van der Waals surface area (Å²) >= 11 is 0. The fourth-order valence-corrected chi connectivity index (χ4v) is 6.78. The highest BCUT2D eigenvalue weighted by Crippen LogP contribution is 2.40. The Kier molecular flexibility index (Phi) is 14.3. The van der Waals surface area contributed by atoms with Gasteiger partial charge in [0.05, 0.1) is 18.7 Å². The van der Waals surface area contributed by atoms with Crippen LogP contribution in [0.4, 0.5) is 10.5 Å². The number of benzene rings is 3. The molecule has 0 aliphatic rings. The van der Waals surface area contributed by atoms with Crippen molar-refractivity contribution < 1.29 is 57.4 Å². The molecule has 292 valence electrons. The summed E-state index contributed by atoms with van der Waals surface area (Å²) < 4.78 is 28.4. The maximum Gasteiger partial charge on any atom is 0.408 e. The van der Waals surface area contributed by atoms with E-state index in [0.717, 1.165) is 0 Å². The van der Waals surface area contributed by atoms with Crippen LogP contribution in [0.2, 0.25) is 0 Å². The number of primary amides is 2. The highest BCUT2D eigenvalue weighted by Gasteiger charge is 2.44. The molecule has 0 radical (unpaired) electrons. The van der Waals surface area contributed by atoms with Crippen LogP contribution in [0.1, 0.15) is 48.1 Å². The van der Waals surface area contributed by atoms with Crippen molar-refractivity contribution in [1.29, 1.82) is 0 Å². The van der Waals surface area contributed by atoms with Crippen molar-refractivity contribution in [3.8, 4) is 0 Å². The Balaban J connectivity index is 2.00. The van der Waals surface area contributed by atoms with Gasteiger partial charge in [-0.25, -0.2) is 4.79 Å². The van der Waals surface area contributed by atoms with Crippen LogP contribution < -0.4 is 33.2 Å². The quantitative estimate of drug-likeness (QED) is 0.0631. The molecule has 3 aromatic carbocycles. The standard InChI is InChI=1S/C34H44N6O12P2/c1-33(30(43)38-27(29(37)42)15-28(36)41,16-21-6-10-23(11-7-21)19-53(46,47)48)39-31(44)34(2,17-22-8-12-24(13-9-22)20-54(49,50)51)40-32(45)52-18-25-4-3-5-26(35)14-25/h3-14,27H,15-20,35H2,1-2H3,(H2,36,41)(H2,37,42)(H,38,43)(H,39,44)(H,40,45)(H2,46,47,48)(H2,49,50,51)/t27-,33+,34+/m0/s1. The molecular formula is C34H44N6O12P2. The molecule has 0 fully saturated rings. The zero-order valence-electron chi connectivity index (χ0n) is 29.4. The lowest BCUT2D eigenvalue weighted by atomic mass is 9.86. The summed E-state index contributed by atoms with van der Waals surface area (Å²) in [6, 6.07) is 16.7. The van der Waals surface area contributed by atoms with E-state index >= 15 is 0 Å². The third-order valence-electron chi connectivity index (χ3n) is 8.08. The lowest BCUT2D eigenvalue weighted by Crippen LogP contribution is -2.67. The lowest BCUT2D eigenvalue weighted by Gasteiger charge is -2.36. The van der Waals surface area contributed by atoms with E-state index in [2.05, 4.69) is 16.0 Å². The Morgan fingerprint density at radius 2 is 1.17 bits per heavy atom. The molecule has 20 heteroatoms. The van der Waals surface area contributed by atoms with Crippen LogP contribution >= 0.6 is 15.2 Å². The second-order valence-corrected chi connectivity index (χ2v) is 16.6. The number of nitrogens with two attached hydrogens (primary N) is 3. The van der Waals surface area contributed by atoms with Gasteiger partial charge in [-0.1, -0.05) is 60.7 Å². The van der Waals surface area contributed by atoms with E-state index in [4.69, 9.17) is 21.9 Å². The van der Waals surface area contributed by atoms with Gasteiger partial charge in [0.25, 0.3) is 0 Å². The first-order chi connectivity index (χ1) is 24.9. The molecule has 0 aliphatic carbocycles. The summed E-state index contributed by atoms with van der Waals surface area (Å²) in [4.78, 5) is 103. The highest BCUT2D eigenvalue weighted by molar-refractivity contribution is 7.51. The van der Waals surface area contributed by atoms with Gasteiger partial charge in [0, 0.05) is 18.5 Å². The first kappa shape index (κ1) is 43.3. The number of amides is 5. The van der Waals surface area contributed by atoms with E-state index in [1.54, 1.807) is 24.3 Å². The Morgan fingerprint density at radius 1 is 0.704 bits per heavy atom. The molecule has 0 aliphatic heterocycles. The number of carbonyl (C=O) groups is 5. The maximum absolute atomic E-state index is 14.4. The average molecular weight is 791 g/mol. The molecule has 0 spiro atoms. The predicted molar refractivity (Wildman–Crippen MR) is 196 cm³/mol. The van der Waals surface area contributed by atoms with Crippen LogP contribution in [0.5, 0.6) is 0 Å². The number of hydrogen-bond donors (Lipinski definition) is 10. The number of hydrogen-bond acceptors (Lipinski definition) is 9. The second kappa shape index (κ2) is 17.8. The third-order valence-corrected chi connectivity index (χ3v) is 9.64. The summed E-state index contributed by atoms with van der Waals surface area (Å²) in [5.74, 6) is -3.95. The SMILES string of the molecule is C[C@](Cc1ccc(CP(=O)(O)O)cc1)(NC(=O)OCc1cccc(N)c1)C(=O)N[C@](C)(Cc1ccc(CP(=O)(O)O)cc1)C(=O)N[C@@H](CC(N)=O)C(N)=O. The van der Waals surface area contributed by atoms with Crippen LogP contribution in [0.15, 0.2) is 72.8 Å². The molecule has 0 saturated heterocycles. The number of ether oxygens (including phenoxy) is 1. The first-order valence-electron chi connectivity index (χ1n) is 16.2. The minimum Gasteiger partial charge on any atom is -0.445 e. The van der Waals surface area contributed by atoms with Gasteiger partial charge in [-0.15, -0.1) is 0 Å². The van der Waals surface area contributed by atoms with Crippen molar-refractivity contribution in [2.45, 2.75) is 69.2 Å². The van der Waals surface area contributed by atoms with Crippen LogP contribution in [0.25, 0.3) is 0 Å². The Labute approximate surface area is 310 Å². The first-order valence-corrected chi connectivity index (χ1v) is 19.8. The molecule has 0 aromatic heterocycles. The smallest absolute Gasteiger partial charge is 0.408 e. The van der Waals surface area contributed by atoms with Crippen LogP contribution in [-0.2, 0) is 64.8 Å². The number of alkyl carbamates (subject to hydrolysis) is 1. The molecule has 5 amide bonds. The molecule has 0 heterocycles. The summed E-state index contributed by atoms with van der Waals surface area (Å²) in [7, 11) is -8.79. The van der Waals surface area contributed by atoms with Crippen LogP contribution in [-0.4, -0.2) is 66.4 Å². The van der Waals surface area contributed by atoms with Crippen molar-refractivity contribution in [1.82, 2.24) is 16.0 Å². The van der Waals surface area contributed by atoms with E-state index in [1.807, 2.05) is 0 Å². The zero-order valence-corrected chi connectivity index (χ0v) is 31.2. The summed E-state index contributed by atoms with van der Waals surface area (Å²) in [5, 5.41) is 7.55. The molecule has 0 bridgehead atoms. The summed E-state index contributed by atoms with van der Waals surface area (Å²) in [5.41, 5.74) is 15.0. The van der Waals surface area contributed by atoms with Gasteiger partial charge in [-0.2, -0.15) is 0 Å².